The van der Waals surface area contributed by atoms with E-state index >= 15 is 0 Å². The molecule has 2 aliphatic rings. The van der Waals surface area contributed by atoms with Crippen molar-refractivity contribution in [1.29, 1.82) is 0 Å². The van der Waals surface area contributed by atoms with Gasteiger partial charge in [0.15, 0.2) is 0 Å². The number of rotatable bonds is 3. The number of amides is 1. The second-order valence-electron chi connectivity index (χ2n) is 5.71. The van der Waals surface area contributed by atoms with Crippen LogP contribution in [-0.4, -0.2) is 41.0 Å². The van der Waals surface area contributed by atoms with Crippen molar-refractivity contribution >= 4 is 11.9 Å². The van der Waals surface area contributed by atoms with Gasteiger partial charge in [-0.1, -0.05) is 12.8 Å². The molecule has 1 saturated heterocycles. The quantitative estimate of drug-likeness (QED) is 0.786. The van der Waals surface area contributed by atoms with Gasteiger partial charge in [-0.2, -0.15) is 0 Å². The van der Waals surface area contributed by atoms with Crippen LogP contribution in [0, 0.1) is 5.41 Å². The number of nitrogens with two attached hydrogens (primary N) is 1. The maximum atomic E-state index is 12.2. The van der Waals surface area contributed by atoms with Crippen molar-refractivity contribution < 1.29 is 14.7 Å². The molecule has 0 aromatic carbocycles. The van der Waals surface area contributed by atoms with Gasteiger partial charge in [-0.05, 0) is 25.7 Å². The zero-order valence-corrected chi connectivity index (χ0v) is 10.7. The number of piperidine rings is 1. The third kappa shape index (κ3) is 2.66. The summed E-state index contributed by atoms with van der Waals surface area (Å²) in [6.07, 6.45) is 5.12. The first-order valence-corrected chi connectivity index (χ1v) is 6.80. The second-order valence-corrected chi connectivity index (χ2v) is 5.71. The zero-order valence-electron chi connectivity index (χ0n) is 10.7. The Morgan fingerprint density at radius 2 is 1.94 bits per heavy atom. The largest absolute Gasteiger partial charge is 0.481 e. The van der Waals surface area contributed by atoms with Gasteiger partial charge in [-0.3, -0.25) is 9.59 Å². The summed E-state index contributed by atoms with van der Waals surface area (Å²) in [4.78, 5) is 25.4. The predicted molar refractivity (Wildman–Crippen MR) is 66.9 cm³/mol. The predicted octanol–water partition coefficient (Wildman–Crippen LogP) is 0.971. The minimum Gasteiger partial charge on any atom is -0.481 e. The lowest BCUT2D eigenvalue weighted by molar-refractivity contribution is -0.153. The molecule has 1 atom stereocenters. The Balaban J connectivity index is 1.99. The molecule has 18 heavy (non-hydrogen) atoms. The van der Waals surface area contributed by atoms with Gasteiger partial charge in [0.2, 0.25) is 5.91 Å². The van der Waals surface area contributed by atoms with E-state index in [0.717, 1.165) is 32.2 Å². The van der Waals surface area contributed by atoms with Crippen LogP contribution in [0.3, 0.4) is 0 Å². The van der Waals surface area contributed by atoms with Crippen molar-refractivity contribution in [2.45, 2.75) is 51.0 Å². The number of hydrogen-bond donors (Lipinski definition) is 2. The molecule has 1 saturated carbocycles. The van der Waals surface area contributed by atoms with Crippen molar-refractivity contribution in [2.24, 2.45) is 11.1 Å². The molecular formula is C13H22N2O3. The highest BCUT2D eigenvalue weighted by atomic mass is 16.4. The number of nitrogens with zero attached hydrogens (tertiary/aromatic N) is 1. The normalized spacial score (nSPS) is 27.2. The highest BCUT2D eigenvalue weighted by Gasteiger charge is 2.44. The Morgan fingerprint density at radius 1 is 1.28 bits per heavy atom. The van der Waals surface area contributed by atoms with E-state index in [2.05, 4.69) is 0 Å². The SMILES string of the molecule is NC1CCCN(C(=O)CC2(C(=O)O)CCCC2)C1. The first kappa shape index (κ1) is 13.3. The summed E-state index contributed by atoms with van der Waals surface area (Å²) < 4.78 is 0. The van der Waals surface area contributed by atoms with E-state index in [1.165, 1.54) is 0 Å². The molecule has 1 heterocycles. The summed E-state index contributed by atoms with van der Waals surface area (Å²) in [5, 5.41) is 9.37. The summed E-state index contributed by atoms with van der Waals surface area (Å²) in [5.41, 5.74) is 5.05. The van der Waals surface area contributed by atoms with Crippen LogP contribution in [0.1, 0.15) is 44.9 Å². The fraction of sp³-hybridized carbons (Fsp3) is 0.846. The second kappa shape index (κ2) is 5.26. The molecule has 102 valence electrons. The number of carboxylic acid groups (broad SMARTS) is 1. The smallest absolute Gasteiger partial charge is 0.310 e. The summed E-state index contributed by atoms with van der Waals surface area (Å²) in [6, 6.07) is 0.0482. The van der Waals surface area contributed by atoms with Crippen molar-refractivity contribution in [3.05, 3.63) is 0 Å². The fourth-order valence-electron chi connectivity index (χ4n) is 3.16. The molecule has 3 N–H and O–H groups in total. The molecule has 1 unspecified atom stereocenters. The molecule has 0 bridgehead atoms. The van der Waals surface area contributed by atoms with Gasteiger partial charge in [-0.15, -0.1) is 0 Å². The Labute approximate surface area is 107 Å². The van der Waals surface area contributed by atoms with Crippen LogP contribution < -0.4 is 5.73 Å². The zero-order chi connectivity index (χ0) is 13.2. The number of likely N-dealkylation sites (tertiary alicyclic amines) is 1. The van der Waals surface area contributed by atoms with Crippen LogP contribution >= 0.6 is 0 Å². The molecular weight excluding hydrogens is 232 g/mol. The number of aliphatic carboxylic acids is 1. The van der Waals surface area contributed by atoms with Gasteiger partial charge in [0.1, 0.15) is 0 Å². The Bertz CT molecular complexity index is 337. The first-order chi connectivity index (χ1) is 8.53. The molecule has 1 amide bonds. The molecule has 1 aliphatic carbocycles. The van der Waals surface area contributed by atoms with Gasteiger partial charge in [0.05, 0.1) is 5.41 Å². The summed E-state index contributed by atoms with van der Waals surface area (Å²) >= 11 is 0. The van der Waals surface area contributed by atoms with Crippen LogP contribution in [0.25, 0.3) is 0 Å². The number of carbonyl (C=O) groups is 2. The highest BCUT2D eigenvalue weighted by Crippen LogP contribution is 2.41. The topological polar surface area (TPSA) is 83.6 Å². The molecule has 0 spiro atoms. The van der Waals surface area contributed by atoms with Gasteiger partial charge in [-0.25, -0.2) is 0 Å². The summed E-state index contributed by atoms with van der Waals surface area (Å²) in [5.74, 6) is -0.843. The molecule has 2 fully saturated rings. The third-order valence-corrected chi connectivity index (χ3v) is 4.31. The molecule has 1 aliphatic heterocycles. The molecule has 0 aromatic rings. The van der Waals surface area contributed by atoms with Crippen LogP contribution in [0.4, 0.5) is 0 Å². The molecule has 0 radical (unpaired) electrons. The first-order valence-electron chi connectivity index (χ1n) is 6.80. The van der Waals surface area contributed by atoms with Crippen LogP contribution in [0.2, 0.25) is 0 Å². The van der Waals surface area contributed by atoms with Crippen LogP contribution in [0.15, 0.2) is 0 Å². The maximum absolute atomic E-state index is 12.2. The van der Waals surface area contributed by atoms with E-state index in [0.29, 0.717) is 19.4 Å². The van der Waals surface area contributed by atoms with E-state index < -0.39 is 11.4 Å². The lowest BCUT2D eigenvalue weighted by atomic mass is 9.82. The third-order valence-electron chi connectivity index (χ3n) is 4.31. The number of hydrogen-bond acceptors (Lipinski definition) is 3. The maximum Gasteiger partial charge on any atom is 0.310 e. The highest BCUT2D eigenvalue weighted by molar-refractivity contribution is 5.85. The summed E-state index contributed by atoms with van der Waals surface area (Å²) in [7, 11) is 0. The van der Waals surface area contributed by atoms with Crippen molar-refractivity contribution in [3.8, 4) is 0 Å². The minimum absolute atomic E-state index is 0.0329. The van der Waals surface area contributed by atoms with Gasteiger partial charge >= 0.3 is 5.97 Å². The lowest BCUT2D eigenvalue weighted by Crippen LogP contribution is -2.47. The molecule has 5 heteroatoms. The molecule has 0 aromatic heterocycles. The number of carbonyl (C=O) groups excluding carboxylic acids is 1. The lowest BCUT2D eigenvalue weighted by Gasteiger charge is -2.33. The summed E-state index contributed by atoms with van der Waals surface area (Å²) in [6.45, 7) is 1.30. The monoisotopic (exact) mass is 254 g/mol. The van der Waals surface area contributed by atoms with Crippen molar-refractivity contribution in [1.82, 2.24) is 4.90 Å². The fourth-order valence-corrected chi connectivity index (χ4v) is 3.16. The van der Waals surface area contributed by atoms with E-state index in [1.807, 2.05) is 0 Å². The average Bonchev–Trinajstić information content (AvgIpc) is 2.79. The van der Waals surface area contributed by atoms with Gasteiger partial charge < -0.3 is 15.7 Å². The Hall–Kier alpha value is -1.10. The van der Waals surface area contributed by atoms with E-state index in [-0.39, 0.29) is 18.4 Å². The Morgan fingerprint density at radius 3 is 2.50 bits per heavy atom. The Kier molecular flexibility index (Phi) is 3.90. The average molecular weight is 254 g/mol. The number of carboxylic acids is 1. The minimum atomic E-state index is -0.811. The van der Waals surface area contributed by atoms with Crippen molar-refractivity contribution in [3.63, 3.8) is 0 Å². The van der Waals surface area contributed by atoms with Crippen LogP contribution in [-0.2, 0) is 9.59 Å². The van der Waals surface area contributed by atoms with E-state index in [4.69, 9.17) is 5.73 Å². The molecule has 2 rings (SSSR count). The molecule has 5 nitrogen and oxygen atoms in total. The van der Waals surface area contributed by atoms with Crippen LogP contribution in [0.5, 0.6) is 0 Å². The van der Waals surface area contributed by atoms with E-state index in [1.54, 1.807) is 4.90 Å². The van der Waals surface area contributed by atoms with Crippen molar-refractivity contribution in [2.75, 3.05) is 13.1 Å². The van der Waals surface area contributed by atoms with E-state index in [9.17, 15) is 14.7 Å². The van der Waals surface area contributed by atoms with Gasteiger partial charge in [0, 0.05) is 25.6 Å². The standard InChI is InChI=1S/C13H22N2O3/c14-10-4-3-7-15(9-10)11(16)8-13(12(17)18)5-1-2-6-13/h10H,1-9,14H2,(H,17,18). The van der Waals surface area contributed by atoms with Gasteiger partial charge in [0.25, 0.3) is 0 Å².